The number of carbonyl (C=O) groups is 3. The molecule has 30 heavy (non-hydrogen) atoms. The molecule has 0 aliphatic heterocycles. The molecule has 0 atom stereocenters. The first kappa shape index (κ1) is 20.8. The summed E-state index contributed by atoms with van der Waals surface area (Å²) >= 11 is 0. The van der Waals surface area contributed by atoms with Crippen molar-refractivity contribution in [2.45, 2.75) is 13.8 Å². The van der Waals surface area contributed by atoms with E-state index in [9.17, 15) is 14.4 Å². The maximum atomic E-state index is 12.2. The topological polar surface area (TPSA) is 102 Å². The smallest absolute Gasteiger partial charge is 0.338 e. The van der Waals surface area contributed by atoms with Crippen molar-refractivity contribution in [3.63, 3.8) is 0 Å². The summed E-state index contributed by atoms with van der Waals surface area (Å²) in [6.45, 7) is 3.82. The number of nitrogens with one attached hydrogen (secondary N) is 2. The van der Waals surface area contributed by atoms with Crippen LogP contribution in [0.1, 0.15) is 33.3 Å². The normalized spacial score (nSPS) is 10.3. The minimum atomic E-state index is -0.607. The first-order valence-corrected chi connectivity index (χ1v) is 9.44. The summed E-state index contributed by atoms with van der Waals surface area (Å²) in [5, 5.41) is 9.51. The number of nitrogens with zero attached hydrogens (tertiary/aromatic N) is 2. The van der Waals surface area contributed by atoms with Gasteiger partial charge in [-0.05, 0) is 62.4 Å². The quantitative estimate of drug-likeness (QED) is 0.588. The van der Waals surface area contributed by atoms with E-state index in [1.54, 1.807) is 59.4 Å². The van der Waals surface area contributed by atoms with E-state index in [4.69, 9.17) is 4.74 Å². The number of rotatable bonds is 7. The Kier molecular flexibility index (Phi) is 6.59. The Morgan fingerprint density at radius 3 is 2.47 bits per heavy atom. The molecule has 0 saturated carbocycles. The van der Waals surface area contributed by atoms with Gasteiger partial charge in [-0.1, -0.05) is 6.07 Å². The molecule has 0 saturated heterocycles. The van der Waals surface area contributed by atoms with E-state index in [0.717, 1.165) is 11.4 Å². The number of aryl methyl sites for hydroxylation is 1. The average molecular weight is 406 g/mol. The van der Waals surface area contributed by atoms with E-state index in [0.29, 0.717) is 23.4 Å². The second-order valence-corrected chi connectivity index (χ2v) is 6.50. The van der Waals surface area contributed by atoms with Crippen molar-refractivity contribution >= 4 is 23.5 Å². The molecule has 0 radical (unpaired) electrons. The molecule has 0 aliphatic rings. The van der Waals surface area contributed by atoms with Crippen LogP contribution in [0.15, 0.2) is 60.8 Å². The standard InChI is InChI=1S/C22H22N4O4/c1-3-23-21(28)17-5-4-6-18(13-17)25-20(27)14-30-22(29)16-7-9-19(10-8-16)26-15(2)11-12-24-26/h4-13H,3,14H2,1-2H3,(H,23,28)(H,25,27). The number of hydrogen-bond donors (Lipinski definition) is 2. The van der Waals surface area contributed by atoms with Gasteiger partial charge in [0.25, 0.3) is 11.8 Å². The molecular formula is C22H22N4O4. The largest absolute Gasteiger partial charge is 0.452 e. The first-order chi connectivity index (χ1) is 14.5. The minimum absolute atomic E-state index is 0.228. The molecule has 0 bridgehead atoms. The highest BCUT2D eigenvalue weighted by Gasteiger charge is 2.12. The summed E-state index contributed by atoms with van der Waals surface area (Å²) in [5.74, 6) is -1.33. The van der Waals surface area contributed by atoms with Crippen LogP contribution in [0, 0.1) is 6.92 Å². The maximum absolute atomic E-state index is 12.2. The number of ether oxygens (including phenoxy) is 1. The molecule has 2 amide bonds. The lowest BCUT2D eigenvalue weighted by molar-refractivity contribution is -0.119. The fraction of sp³-hybridized carbons (Fsp3) is 0.182. The van der Waals surface area contributed by atoms with Gasteiger partial charge in [0, 0.05) is 29.7 Å². The molecule has 8 heteroatoms. The molecule has 2 aromatic carbocycles. The van der Waals surface area contributed by atoms with Gasteiger partial charge in [0.05, 0.1) is 11.3 Å². The number of aromatic nitrogens is 2. The van der Waals surface area contributed by atoms with E-state index in [2.05, 4.69) is 15.7 Å². The molecular weight excluding hydrogens is 384 g/mol. The highest BCUT2D eigenvalue weighted by molar-refractivity contribution is 5.98. The third kappa shape index (κ3) is 5.11. The Morgan fingerprint density at radius 1 is 1.03 bits per heavy atom. The third-order valence-corrected chi connectivity index (χ3v) is 4.26. The maximum Gasteiger partial charge on any atom is 0.338 e. The zero-order chi connectivity index (χ0) is 21.5. The van der Waals surface area contributed by atoms with Crippen LogP contribution in [0.4, 0.5) is 5.69 Å². The number of carbonyl (C=O) groups excluding carboxylic acids is 3. The van der Waals surface area contributed by atoms with Crippen LogP contribution in [0.5, 0.6) is 0 Å². The fourth-order valence-corrected chi connectivity index (χ4v) is 2.79. The zero-order valence-electron chi connectivity index (χ0n) is 16.7. The number of anilines is 1. The summed E-state index contributed by atoms with van der Waals surface area (Å²) in [6.07, 6.45) is 1.70. The van der Waals surface area contributed by atoms with Gasteiger partial charge in [-0.2, -0.15) is 5.10 Å². The van der Waals surface area contributed by atoms with Crippen molar-refractivity contribution in [3.8, 4) is 5.69 Å². The zero-order valence-corrected chi connectivity index (χ0v) is 16.7. The summed E-state index contributed by atoms with van der Waals surface area (Å²) in [6, 6.07) is 15.1. The lowest BCUT2D eigenvalue weighted by atomic mass is 10.2. The Bertz CT molecular complexity index is 1060. The van der Waals surface area contributed by atoms with Gasteiger partial charge in [-0.15, -0.1) is 0 Å². The van der Waals surface area contributed by atoms with Crippen LogP contribution in [-0.4, -0.2) is 40.7 Å². The van der Waals surface area contributed by atoms with Crippen LogP contribution in [0.2, 0.25) is 0 Å². The molecule has 0 spiro atoms. The Labute approximate surface area is 173 Å². The highest BCUT2D eigenvalue weighted by Crippen LogP contribution is 2.13. The van der Waals surface area contributed by atoms with Crippen molar-refractivity contribution in [1.29, 1.82) is 0 Å². The van der Waals surface area contributed by atoms with Gasteiger partial charge < -0.3 is 15.4 Å². The Balaban J connectivity index is 1.55. The highest BCUT2D eigenvalue weighted by atomic mass is 16.5. The van der Waals surface area contributed by atoms with E-state index < -0.39 is 18.5 Å². The van der Waals surface area contributed by atoms with E-state index in [1.807, 2.05) is 19.9 Å². The summed E-state index contributed by atoms with van der Waals surface area (Å²) in [5.41, 5.74) is 2.99. The predicted molar refractivity (Wildman–Crippen MR) is 112 cm³/mol. The molecule has 1 heterocycles. The third-order valence-electron chi connectivity index (χ3n) is 4.26. The number of esters is 1. The first-order valence-electron chi connectivity index (χ1n) is 9.44. The molecule has 3 rings (SSSR count). The van der Waals surface area contributed by atoms with E-state index >= 15 is 0 Å². The minimum Gasteiger partial charge on any atom is -0.452 e. The molecule has 2 N–H and O–H groups in total. The number of benzene rings is 2. The summed E-state index contributed by atoms with van der Waals surface area (Å²) < 4.78 is 6.83. The fourth-order valence-electron chi connectivity index (χ4n) is 2.79. The van der Waals surface area contributed by atoms with Crippen molar-refractivity contribution in [1.82, 2.24) is 15.1 Å². The SMILES string of the molecule is CCNC(=O)c1cccc(NC(=O)COC(=O)c2ccc(-n3nccc3C)cc2)c1. The van der Waals surface area contributed by atoms with Crippen LogP contribution < -0.4 is 10.6 Å². The van der Waals surface area contributed by atoms with E-state index in [-0.39, 0.29) is 5.91 Å². The molecule has 0 unspecified atom stereocenters. The molecule has 3 aromatic rings. The molecule has 0 aliphatic carbocycles. The monoisotopic (exact) mass is 406 g/mol. The second kappa shape index (κ2) is 9.51. The lowest BCUT2D eigenvalue weighted by Crippen LogP contribution is -2.23. The van der Waals surface area contributed by atoms with Gasteiger partial charge in [0.1, 0.15) is 0 Å². The number of hydrogen-bond acceptors (Lipinski definition) is 5. The molecule has 154 valence electrons. The number of amides is 2. The molecule has 8 nitrogen and oxygen atoms in total. The average Bonchev–Trinajstić information content (AvgIpc) is 3.18. The predicted octanol–water partition coefficient (Wildman–Crippen LogP) is 2.73. The molecule has 0 fully saturated rings. The van der Waals surface area contributed by atoms with E-state index in [1.165, 1.54) is 0 Å². The van der Waals surface area contributed by atoms with Gasteiger partial charge in [0.2, 0.25) is 0 Å². The Morgan fingerprint density at radius 2 is 1.80 bits per heavy atom. The van der Waals surface area contributed by atoms with Crippen LogP contribution in [-0.2, 0) is 9.53 Å². The lowest BCUT2D eigenvalue weighted by Gasteiger charge is -2.09. The van der Waals surface area contributed by atoms with Gasteiger partial charge in [-0.25, -0.2) is 9.48 Å². The Hall–Kier alpha value is -3.94. The van der Waals surface area contributed by atoms with Crippen molar-refractivity contribution in [3.05, 3.63) is 77.6 Å². The summed E-state index contributed by atoms with van der Waals surface area (Å²) in [7, 11) is 0. The second-order valence-electron chi connectivity index (χ2n) is 6.50. The summed E-state index contributed by atoms with van der Waals surface area (Å²) in [4.78, 5) is 36.2. The molecule has 1 aromatic heterocycles. The van der Waals surface area contributed by atoms with Gasteiger partial charge in [-0.3, -0.25) is 9.59 Å². The van der Waals surface area contributed by atoms with Crippen LogP contribution in [0.25, 0.3) is 5.69 Å². The van der Waals surface area contributed by atoms with Gasteiger partial charge >= 0.3 is 5.97 Å². The van der Waals surface area contributed by atoms with Gasteiger partial charge in [0.15, 0.2) is 6.61 Å². The van der Waals surface area contributed by atoms with Crippen molar-refractivity contribution in [2.24, 2.45) is 0 Å². The van der Waals surface area contributed by atoms with Crippen molar-refractivity contribution < 1.29 is 19.1 Å². The van der Waals surface area contributed by atoms with Crippen LogP contribution in [0.3, 0.4) is 0 Å². The van der Waals surface area contributed by atoms with Crippen LogP contribution >= 0.6 is 0 Å². The van der Waals surface area contributed by atoms with Crippen molar-refractivity contribution in [2.75, 3.05) is 18.5 Å².